The number of aryl methyl sites for hydroxylation is 1. The Hall–Kier alpha value is -1.30. The van der Waals surface area contributed by atoms with Gasteiger partial charge in [0.1, 0.15) is 5.60 Å². The predicted molar refractivity (Wildman–Crippen MR) is 95.4 cm³/mol. The van der Waals surface area contributed by atoms with Gasteiger partial charge < -0.3 is 19.5 Å². The molecule has 0 radical (unpaired) electrons. The fourth-order valence-electron chi connectivity index (χ4n) is 2.22. The van der Waals surface area contributed by atoms with E-state index in [1.54, 1.807) is 7.05 Å². The fraction of sp³-hybridized carbons (Fsp3) is 0.611. The summed E-state index contributed by atoms with van der Waals surface area (Å²) in [6.45, 7) is 8.13. The van der Waals surface area contributed by atoms with E-state index in [0.29, 0.717) is 18.0 Å². The van der Waals surface area contributed by atoms with Crippen molar-refractivity contribution in [3.63, 3.8) is 0 Å². The Balaban J connectivity index is 2.76. The third kappa shape index (κ3) is 7.07. The van der Waals surface area contributed by atoms with E-state index in [-0.39, 0.29) is 25.4 Å². The van der Waals surface area contributed by atoms with Gasteiger partial charge in [0, 0.05) is 18.6 Å². The van der Waals surface area contributed by atoms with Crippen molar-refractivity contribution in [2.75, 3.05) is 26.8 Å². The van der Waals surface area contributed by atoms with E-state index in [1.807, 2.05) is 45.9 Å². The lowest BCUT2D eigenvalue weighted by molar-refractivity contribution is 0.00894. The van der Waals surface area contributed by atoms with Gasteiger partial charge >= 0.3 is 6.09 Å². The van der Waals surface area contributed by atoms with Crippen molar-refractivity contribution in [3.8, 4) is 0 Å². The molecule has 1 N–H and O–H groups in total. The van der Waals surface area contributed by atoms with Crippen LogP contribution >= 0.6 is 11.6 Å². The molecule has 1 aromatic carbocycles. The van der Waals surface area contributed by atoms with Gasteiger partial charge in [0.15, 0.2) is 0 Å². The minimum Gasteiger partial charge on any atom is -0.444 e. The Morgan fingerprint density at radius 1 is 1.38 bits per heavy atom. The maximum atomic E-state index is 12.0. The van der Waals surface area contributed by atoms with E-state index in [0.717, 1.165) is 11.1 Å². The Morgan fingerprint density at radius 3 is 2.62 bits per heavy atom. The van der Waals surface area contributed by atoms with Crippen LogP contribution in [0.15, 0.2) is 18.2 Å². The van der Waals surface area contributed by atoms with Crippen molar-refractivity contribution in [2.45, 2.75) is 45.8 Å². The van der Waals surface area contributed by atoms with Crippen molar-refractivity contribution in [1.29, 1.82) is 0 Å². The maximum absolute atomic E-state index is 12.0. The summed E-state index contributed by atoms with van der Waals surface area (Å²) in [4.78, 5) is 13.6. The van der Waals surface area contributed by atoms with Crippen LogP contribution in [0.3, 0.4) is 0 Å². The normalized spacial score (nSPS) is 12.8. The van der Waals surface area contributed by atoms with Crippen molar-refractivity contribution >= 4 is 17.7 Å². The molecule has 0 aliphatic carbocycles. The minimum atomic E-state index is -0.526. The first-order chi connectivity index (χ1) is 11.1. The number of rotatable bonds is 7. The number of halogens is 1. The van der Waals surface area contributed by atoms with Crippen molar-refractivity contribution < 1.29 is 19.4 Å². The lowest BCUT2D eigenvalue weighted by Crippen LogP contribution is -2.35. The zero-order valence-corrected chi connectivity index (χ0v) is 15.9. The molecular weight excluding hydrogens is 330 g/mol. The molecule has 0 heterocycles. The second kappa shape index (κ2) is 9.25. The lowest BCUT2D eigenvalue weighted by Gasteiger charge is -2.26. The molecule has 0 aliphatic heterocycles. The molecule has 1 atom stereocenters. The molecule has 0 bridgehead atoms. The quantitative estimate of drug-likeness (QED) is 0.802. The van der Waals surface area contributed by atoms with Crippen LogP contribution < -0.4 is 0 Å². The van der Waals surface area contributed by atoms with Gasteiger partial charge in [-0.15, -0.1) is 0 Å². The number of aliphatic hydroxyl groups is 1. The molecule has 1 aromatic rings. The number of amides is 1. The number of benzene rings is 1. The van der Waals surface area contributed by atoms with Crippen molar-refractivity contribution in [2.24, 2.45) is 0 Å². The summed E-state index contributed by atoms with van der Waals surface area (Å²) in [6.07, 6.45) is -0.0383. The fourth-order valence-corrected chi connectivity index (χ4v) is 2.40. The first-order valence-electron chi connectivity index (χ1n) is 8.06. The van der Waals surface area contributed by atoms with E-state index in [9.17, 15) is 4.79 Å². The number of aliphatic hydroxyl groups excluding tert-OH is 1. The largest absolute Gasteiger partial charge is 0.444 e. The zero-order chi connectivity index (χ0) is 18.3. The van der Waals surface area contributed by atoms with Crippen LogP contribution in [-0.2, 0) is 9.47 Å². The highest BCUT2D eigenvalue weighted by Gasteiger charge is 2.21. The molecule has 5 nitrogen and oxygen atoms in total. The molecule has 0 aliphatic rings. The van der Waals surface area contributed by atoms with E-state index >= 15 is 0 Å². The van der Waals surface area contributed by atoms with Crippen LogP contribution in [0.25, 0.3) is 0 Å². The lowest BCUT2D eigenvalue weighted by atomic mass is 10.0. The number of hydrogen-bond donors (Lipinski definition) is 1. The molecule has 6 heteroatoms. The third-order valence-electron chi connectivity index (χ3n) is 3.43. The van der Waals surface area contributed by atoms with Gasteiger partial charge in [-0.25, -0.2) is 4.79 Å². The smallest absolute Gasteiger partial charge is 0.410 e. The topological polar surface area (TPSA) is 59.0 Å². The van der Waals surface area contributed by atoms with Gasteiger partial charge in [0.2, 0.25) is 0 Å². The van der Waals surface area contributed by atoms with Crippen LogP contribution in [-0.4, -0.2) is 48.5 Å². The average Bonchev–Trinajstić information content (AvgIpc) is 2.48. The van der Waals surface area contributed by atoms with E-state index in [4.69, 9.17) is 26.2 Å². The minimum absolute atomic E-state index is 0.0575. The van der Waals surface area contributed by atoms with Gasteiger partial charge in [-0.05, 0) is 57.4 Å². The molecule has 0 saturated carbocycles. The molecule has 24 heavy (non-hydrogen) atoms. The Morgan fingerprint density at radius 2 is 2.04 bits per heavy atom. The van der Waals surface area contributed by atoms with Crippen LogP contribution in [0.5, 0.6) is 0 Å². The van der Waals surface area contributed by atoms with Crippen LogP contribution in [0.4, 0.5) is 4.79 Å². The summed E-state index contributed by atoms with van der Waals surface area (Å²) in [6, 6.07) is 5.63. The molecule has 0 spiro atoms. The SMILES string of the molecule is Cc1ccc(Cl)cc1C(CCN(C)C(=O)OC(C)(C)C)OCCO. The Labute approximate surface area is 149 Å². The van der Waals surface area contributed by atoms with Crippen LogP contribution in [0, 0.1) is 6.92 Å². The molecule has 1 unspecified atom stereocenters. The van der Waals surface area contributed by atoms with Gasteiger partial charge in [-0.2, -0.15) is 0 Å². The van der Waals surface area contributed by atoms with E-state index in [1.165, 1.54) is 4.90 Å². The first kappa shape index (κ1) is 20.7. The second-order valence-corrected chi connectivity index (χ2v) is 7.21. The summed E-state index contributed by atoms with van der Waals surface area (Å²) < 4.78 is 11.1. The molecule has 0 saturated heterocycles. The zero-order valence-electron chi connectivity index (χ0n) is 15.1. The molecule has 0 aromatic heterocycles. The number of ether oxygens (including phenoxy) is 2. The number of carbonyl (C=O) groups is 1. The van der Waals surface area contributed by atoms with Crippen molar-refractivity contribution in [3.05, 3.63) is 34.3 Å². The summed E-state index contributed by atoms with van der Waals surface area (Å²) in [5.41, 5.74) is 1.50. The van der Waals surface area contributed by atoms with Crippen molar-refractivity contribution in [1.82, 2.24) is 4.90 Å². The van der Waals surface area contributed by atoms with E-state index in [2.05, 4.69) is 0 Å². The van der Waals surface area contributed by atoms with Gasteiger partial charge in [0.05, 0.1) is 19.3 Å². The summed E-state index contributed by atoms with van der Waals surface area (Å²) in [5.74, 6) is 0. The number of nitrogens with zero attached hydrogens (tertiary/aromatic N) is 1. The summed E-state index contributed by atoms with van der Waals surface area (Å²) >= 11 is 6.09. The average molecular weight is 358 g/mol. The highest BCUT2D eigenvalue weighted by atomic mass is 35.5. The summed E-state index contributed by atoms with van der Waals surface area (Å²) in [5, 5.41) is 9.68. The Bertz CT molecular complexity index is 542. The molecule has 1 amide bonds. The molecule has 1 rings (SSSR count). The molecule has 136 valence electrons. The highest BCUT2D eigenvalue weighted by molar-refractivity contribution is 6.30. The van der Waals surface area contributed by atoms with Crippen LogP contribution in [0.2, 0.25) is 5.02 Å². The maximum Gasteiger partial charge on any atom is 0.410 e. The molecular formula is C18H28ClNO4. The van der Waals surface area contributed by atoms with Gasteiger partial charge in [-0.3, -0.25) is 0 Å². The summed E-state index contributed by atoms with van der Waals surface area (Å²) in [7, 11) is 1.70. The first-order valence-corrected chi connectivity index (χ1v) is 8.44. The van der Waals surface area contributed by atoms with Crippen LogP contribution in [0.1, 0.15) is 44.4 Å². The standard InChI is InChI=1S/C18H28ClNO4/c1-13-6-7-14(19)12-15(13)16(23-11-10-21)8-9-20(5)17(22)24-18(2,3)4/h6-7,12,16,21H,8-11H2,1-5H3. The predicted octanol–water partition coefficient (Wildman–Crippen LogP) is 3.96. The Kier molecular flexibility index (Phi) is 8.00. The number of carbonyl (C=O) groups excluding carboxylic acids is 1. The molecule has 0 fully saturated rings. The second-order valence-electron chi connectivity index (χ2n) is 6.77. The third-order valence-corrected chi connectivity index (χ3v) is 3.67. The highest BCUT2D eigenvalue weighted by Crippen LogP contribution is 2.27. The van der Waals surface area contributed by atoms with E-state index < -0.39 is 5.60 Å². The number of hydrogen-bond acceptors (Lipinski definition) is 4. The monoisotopic (exact) mass is 357 g/mol. The van der Waals surface area contributed by atoms with Gasteiger partial charge in [0.25, 0.3) is 0 Å². The van der Waals surface area contributed by atoms with Gasteiger partial charge in [-0.1, -0.05) is 17.7 Å².